The summed E-state index contributed by atoms with van der Waals surface area (Å²) in [5.74, 6) is -0.109. The molecule has 0 saturated heterocycles. The van der Waals surface area contributed by atoms with E-state index in [0.717, 1.165) is 0 Å². The Labute approximate surface area is 128 Å². The monoisotopic (exact) mass is 338 g/mol. The first kappa shape index (κ1) is 14.5. The zero-order valence-corrected chi connectivity index (χ0v) is 12.2. The van der Waals surface area contributed by atoms with Gasteiger partial charge in [-0.3, -0.25) is 4.79 Å². The van der Waals surface area contributed by atoms with Gasteiger partial charge in [-0.1, -0.05) is 57.6 Å². The highest BCUT2D eigenvalue weighted by atomic mass is 35.5. The van der Waals surface area contributed by atoms with Gasteiger partial charge in [0.05, 0.1) is 15.6 Å². The number of nitrogens with zero attached hydrogens (tertiary/aromatic N) is 1. The molecule has 0 radical (unpaired) electrons. The number of alkyl halides is 2. The average molecular weight is 340 g/mol. The van der Waals surface area contributed by atoms with E-state index < -0.39 is 10.7 Å². The van der Waals surface area contributed by atoms with Gasteiger partial charge in [-0.15, -0.1) is 0 Å². The minimum absolute atomic E-state index is 0.169. The molecule has 0 aliphatic carbocycles. The van der Waals surface area contributed by atoms with E-state index in [4.69, 9.17) is 50.9 Å². The van der Waals surface area contributed by atoms with E-state index in [0.29, 0.717) is 21.4 Å². The summed E-state index contributed by atoms with van der Waals surface area (Å²) >= 11 is 22.9. The number of halogens is 4. The van der Waals surface area contributed by atoms with Gasteiger partial charge in [-0.05, 0) is 12.1 Å². The molecule has 0 fully saturated rings. The molecule has 0 unspecified atom stereocenters. The lowest BCUT2D eigenvalue weighted by atomic mass is 10.2. The molecule has 1 aromatic heterocycles. The van der Waals surface area contributed by atoms with Crippen LogP contribution in [0.5, 0.6) is 0 Å². The van der Waals surface area contributed by atoms with Crippen molar-refractivity contribution in [2.45, 2.75) is 4.84 Å². The first-order valence-corrected chi connectivity index (χ1v) is 6.62. The number of anilines is 1. The van der Waals surface area contributed by atoms with Gasteiger partial charge in [-0.25, -0.2) is 0 Å². The lowest BCUT2D eigenvalue weighted by molar-refractivity contribution is -0.114. The molecule has 0 saturated carbocycles. The van der Waals surface area contributed by atoms with Crippen LogP contribution in [0.15, 0.2) is 28.8 Å². The summed E-state index contributed by atoms with van der Waals surface area (Å²) in [7, 11) is 0. The Morgan fingerprint density at radius 3 is 2.47 bits per heavy atom. The molecule has 0 atom stereocenters. The van der Waals surface area contributed by atoms with Crippen LogP contribution < -0.4 is 5.32 Å². The van der Waals surface area contributed by atoms with Crippen molar-refractivity contribution in [1.82, 2.24) is 5.16 Å². The van der Waals surface area contributed by atoms with E-state index in [1.54, 1.807) is 18.2 Å². The molecule has 19 heavy (non-hydrogen) atoms. The second-order valence-corrected chi connectivity index (χ2v) is 5.37. The van der Waals surface area contributed by atoms with Crippen LogP contribution in [0.1, 0.15) is 0 Å². The number of aromatic nitrogens is 1. The van der Waals surface area contributed by atoms with E-state index in [9.17, 15) is 4.79 Å². The Balaban J connectivity index is 2.29. The summed E-state index contributed by atoms with van der Waals surface area (Å²) in [6.45, 7) is 0. The van der Waals surface area contributed by atoms with E-state index >= 15 is 0 Å². The van der Waals surface area contributed by atoms with Gasteiger partial charge >= 0.3 is 0 Å². The van der Waals surface area contributed by atoms with Gasteiger partial charge in [0.25, 0.3) is 5.91 Å². The maximum absolute atomic E-state index is 11.3. The molecule has 2 rings (SSSR count). The molecular formula is C11H6Cl4N2O2. The van der Waals surface area contributed by atoms with Crippen LogP contribution in [0.2, 0.25) is 10.0 Å². The van der Waals surface area contributed by atoms with Gasteiger partial charge < -0.3 is 9.84 Å². The molecule has 0 spiro atoms. The standard InChI is InChI=1S/C11H6Cl4N2O2/c12-5-2-1-3-6(13)9(5)7-4-8(17-19-7)16-11(18)10(14)15/h1-4,10H,(H,16,17,18). The third-order valence-corrected chi connectivity index (χ3v) is 3.20. The Hall–Kier alpha value is -0.940. The predicted molar refractivity (Wildman–Crippen MR) is 76.1 cm³/mol. The number of benzene rings is 1. The average Bonchev–Trinajstić information content (AvgIpc) is 2.77. The number of carbonyl (C=O) groups excluding carboxylic acids is 1. The minimum atomic E-state index is -1.19. The number of hydrogen-bond donors (Lipinski definition) is 1. The molecule has 1 N–H and O–H groups in total. The highest BCUT2D eigenvalue weighted by Gasteiger charge is 2.17. The van der Waals surface area contributed by atoms with Crippen LogP contribution in [0, 0.1) is 0 Å². The quantitative estimate of drug-likeness (QED) is 0.843. The number of rotatable bonds is 3. The van der Waals surface area contributed by atoms with Crippen molar-refractivity contribution in [3.8, 4) is 11.3 Å². The van der Waals surface area contributed by atoms with E-state index in [2.05, 4.69) is 10.5 Å². The third-order valence-electron chi connectivity index (χ3n) is 2.17. The third kappa shape index (κ3) is 3.34. The van der Waals surface area contributed by atoms with Gasteiger partial charge in [0, 0.05) is 6.07 Å². The second kappa shape index (κ2) is 6.01. The van der Waals surface area contributed by atoms with Crippen molar-refractivity contribution in [2.75, 3.05) is 5.32 Å². The summed E-state index contributed by atoms with van der Waals surface area (Å²) in [5, 5.41) is 6.85. The van der Waals surface area contributed by atoms with Crippen LogP contribution in [-0.2, 0) is 4.79 Å². The Morgan fingerprint density at radius 1 is 1.26 bits per heavy atom. The lowest BCUT2D eigenvalue weighted by Gasteiger charge is -2.01. The van der Waals surface area contributed by atoms with Crippen LogP contribution in [-0.4, -0.2) is 15.9 Å². The van der Waals surface area contributed by atoms with Crippen LogP contribution >= 0.6 is 46.4 Å². The topological polar surface area (TPSA) is 55.1 Å². The van der Waals surface area contributed by atoms with Crippen molar-refractivity contribution in [3.63, 3.8) is 0 Å². The van der Waals surface area contributed by atoms with Crippen molar-refractivity contribution in [3.05, 3.63) is 34.3 Å². The van der Waals surface area contributed by atoms with E-state index in [1.807, 2.05) is 0 Å². The maximum atomic E-state index is 11.3. The smallest absolute Gasteiger partial charge is 0.258 e. The summed E-state index contributed by atoms with van der Waals surface area (Å²) in [4.78, 5) is 10.1. The molecule has 4 nitrogen and oxygen atoms in total. The Kier molecular flexibility index (Phi) is 4.58. The number of carbonyl (C=O) groups is 1. The van der Waals surface area contributed by atoms with Crippen molar-refractivity contribution in [2.24, 2.45) is 0 Å². The highest BCUT2D eigenvalue weighted by molar-refractivity contribution is 6.54. The minimum Gasteiger partial charge on any atom is -0.354 e. The van der Waals surface area contributed by atoms with Crippen molar-refractivity contribution < 1.29 is 9.32 Å². The Morgan fingerprint density at radius 2 is 1.89 bits per heavy atom. The van der Waals surface area contributed by atoms with Crippen LogP contribution in [0.3, 0.4) is 0 Å². The normalized spacial score (nSPS) is 10.8. The largest absolute Gasteiger partial charge is 0.354 e. The molecule has 2 aromatic rings. The molecule has 1 amide bonds. The molecule has 1 heterocycles. The van der Waals surface area contributed by atoms with Gasteiger partial charge in [0.15, 0.2) is 16.4 Å². The molecule has 0 aliphatic heterocycles. The molecule has 8 heteroatoms. The molecule has 1 aromatic carbocycles. The molecule has 0 aliphatic rings. The first-order valence-electron chi connectivity index (χ1n) is 4.99. The number of nitrogens with one attached hydrogen (secondary N) is 1. The summed E-state index contributed by atoms with van der Waals surface area (Å²) < 4.78 is 5.07. The van der Waals surface area contributed by atoms with Crippen molar-refractivity contribution >= 4 is 58.1 Å². The van der Waals surface area contributed by atoms with Gasteiger partial charge in [-0.2, -0.15) is 0 Å². The van der Waals surface area contributed by atoms with Gasteiger partial charge in [0.1, 0.15) is 0 Å². The fourth-order valence-electron chi connectivity index (χ4n) is 1.37. The predicted octanol–water partition coefficient (Wildman–Crippen LogP) is 4.39. The number of amides is 1. The zero-order valence-electron chi connectivity index (χ0n) is 9.16. The van der Waals surface area contributed by atoms with Crippen LogP contribution in [0.25, 0.3) is 11.3 Å². The number of hydrogen-bond acceptors (Lipinski definition) is 3. The van der Waals surface area contributed by atoms with Crippen LogP contribution in [0.4, 0.5) is 5.82 Å². The summed E-state index contributed by atoms with van der Waals surface area (Å²) in [5.41, 5.74) is 0.493. The molecule has 0 bridgehead atoms. The van der Waals surface area contributed by atoms with E-state index in [-0.39, 0.29) is 5.82 Å². The Bertz CT molecular complexity index is 592. The first-order chi connectivity index (χ1) is 8.99. The summed E-state index contributed by atoms with van der Waals surface area (Å²) in [6, 6.07) is 6.51. The fourth-order valence-corrected chi connectivity index (χ4v) is 2.06. The van der Waals surface area contributed by atoms with Gasteiger partial charge in [0.2, 0.25) is 0 Å². The van der Waals surface area contributed by atoms with Crippen molar-refractivity contribution in [1.29, 1.82) is 0 Å². The fraction of sp³-hybridized carbons (Fsp3) is 0.0909. The molecule has 100 valence electrons. The lowest BCUT2D eigenvalue weighted by Crippen LogP contribution is -2.18. The molecular weight excluding hydrogens is 334 g/mol. The highest BCUT2D eigenvalue weighted by Crippen LogP contribution is 2.35. The summed E-state index contributed by atoms with van der Waals surface area (Å²) in [6.07, 6.45) is 0. The maximum Gasteiger partial charge on any atom is 0.258 e. The zero-order chi connectivity index (χ0) is 14.0. The van der Waals surface area contributed by atoms with E-state index in [1.165, 1.54) is 6.07 Å². The second-order valence-electron chi connectivity index (χ2n) is 3.46. The SMILES string of the molecule is O=C(Nc1cc(-c2c(Cl)cccc2Cl)on1)C(Cl)Cl.